The van der Waals surface area contributed by atoms with Gasteiger partial charge < -0.3 is 20.2 Å². The van der Waals surface area contributed by atoms with E-state index in [0.29, 0.717) is 6.54 Å². The number of phenolic OH excluding ortho intramolecular Hbond substituents is 1. The summed E-state index contributed by atoms with van der Waals surface area (Å²) in [6.45, 7) is 4.42. The Kier molecular flexibility index (Phi) is 5.60. The predicted octanol–water partition coefficient (Wildman–Crippen LogP) is 3.18. The molecular formula is C19H25N3O3. The molecule has 3 rings (SSSR count). The second-order valence-corrected chi connectivity index (χ2v) is 6.45. The summed E-state index contributed by atoms with van der Waals surface area (Å²) in [5, 5.41) is 15.4. The lowest BCUT2D eigenvalue weighted by Crippen LogP contribution is -2.42. The maximum Gasteiger partial charge on any atom is 0.315 e. The Labute approximate surface area is 147 Å². The SMILES string of the molecule is CC(NC(=O)NCC(c1ccco1)N1CCCC1)c1cccc(O)c1. The van der Waals surface area contributed by atoms with Gasteiger partial charge in [0.05, 0.1) is 18.3 Å². The molecule has 25 heavy (non-hydrogen) atoms. The molecule has 1 aliphatic heterocycles. The first-order chi connectivity index (χ1) is 12.1. The van der Waals surface area contributed by atoms with Crippen LogP contribution < -0.4 is 10.6 Å². The quantitative estimate of drug-likeness (QED) is 0.753. The number of furan rings is 1. The van der Waals surface area contributed by atoms with Crippen molar-refractivity contribution in [2.45, 2.75) is 31.8 Å². The molecule has 0 radical (unpaired) electrons. The van der Waals surface area contributed by atoms with E-state index in [1.165, 1.54) is 12.8 Å². The molecule has 0 spiro atoms. The van der Waals surface area contributed by atoms with E-state index in [2.05, 4.69) is 15.5 Å². The monoisotopic (exact) mass is 343 g/mol. The van der Waals surface area contributed by atoms with E-state index in [9.17, 15) is 9.90 Å². The number of carbonyl (C=O) groups is 1. The van der Waals surface area contributed by atoms with Gasteiger partial charge in [0.2, 0.25) is 0 Å². The summed E-state index contributed by atoms with van der Waals surface area (Å²) in [5.41, 5.74) is 0.859. The molecule has 2 heterocycles. The number of phenols is 1. The number of hydrogen-bond donors (Lipinski definition) is 3. The highest BCUT2D eigenvalue weighted by molar-refractivity contribution is 5.74. The van der Waals surface area contributed by atoms with Gasteiger partial charge in [0.25, 0.3) is 0 Å². The van der Waals surface area contributed by atoms with Crippen LogP contribution in [0.3, 0.4) is 0 Å². The van der Waals surface area contributed by atoms with Crippen LogP contribution in [0.15, 0.2) is 47.1 Å². The number of nitrogens with zero attached hydrogens (tertiary/aromatic N) is 1. The van der Waals surface area contributed by atoms with Crippen LogP contribution in [0.2, 0.25) is 0 Å². The molecular weight excluding hydrogens is 318 g/mol. The molecule has 6 nitrogen and oxygen atoms in total. The Balaban J connectivity index is 1.56. The summed E-state index contributed by atoms with van der Waals surface area (Å²) >= 11 is 0. The smallest absolute Gasteiger partial charge is 0.315 e. The third kappa shape index (κ3) is 4.54. The van der Waals surface area contributed by atoms with Crippen molar-refractivity contribution < 1.29 is 14.3 Å². The van der Waals surface area contributed by atoms with Gasteiger partial charge in [-0.05, 0) is 62.7 Å². The Morgan fingerprint density at radius 1 is 1.28 bits per heavy atom. The molecule has 1 fully saturated rings. The molecule has 0 bridgehead atoms. The number of nitrogens with one attached hydrogen (secondary N) is 2. The fourth-order valence-corrected chi connectivity index (χ4v) is 3.26. The van der Waals surface area contributed by atoms with Crippen LogP contribution in [0.1, 0.15) is 43.2 Å². The molecule has 3 N–H and O–H groups in total. The van der Waals surface area contributed by atoms with Crippen molar-refractivity contribution in [2.75, 3.05) is 19.6 Å². The van der Waals surface area contributed by atoms with Crippen LogP contribution in [0.5, 0.6) is 5.75 Å². The number of carbonyl (C=O) groups excluding carboxylic acids is 1. The highest BCUT2D eigenvalue weighted by Crippen LogP contribution is 2.25. The van der Waals surface area contributed by atoms with Gasteiger partial charge in [0.1, 0.15) is 11.5 Å². The third-order valence-corrected chi connectivity index (χ3v) is 4.63. The van der Waals surface area contributed by atoms with Gasteiger partial charge in [-0.1, -0.05) is 12.1 Å². The van der Waals surface area contributed by atoms with Gasteiger partial charge in [-0.2, -0.15) is 0 Å². The average molecular weight is 343 g/mol. The minimum atomic E-state index is -0.230. The summed E-state index contributed by atoms with van der Waals surface area (Å²) in [6.07, 6.45) is 4.03. The van der Waals surface area contributed by atoms with E-state index in [1.807, 2.05) is 25.1 Å². The van der Waals surface area contributed by atoms with Gasteiger partial charge in [-0.3, -0.25) is 4.90 Å². The lowest BCUT2D eigenvalue weighted by molar-refractivity contribution is 0.202. The largest absolute Gasteiger partial charge is 0.508 e. The molecule has 0 saturated carbocycles. The molecule has 134 valence electrons. The zero-order chi connectivity index (χ0) is 17.6. The first-order valence-corrected chi connectivity index (χ1v) is 8.74. The maximum absolute atomic E-state index is 12.3. The summed E-state index contributed by atoms with van der Waals surface area (Å²) in [6, 6.07) is 10.4. The zero-order valence-corrected chi connectivity index (χ0v) is 14.4. The highest BCUT2D eigenvalue weighted by atomic mass is 16.3. The number of benzene rings is 1. The molecule has 1 aliphatic rings. The molecule has 0 aliphatic carbocycles. The minimum absolute atomic E-state index is 0.0549. The lowest BCUT2D eigenvalue weighted by Gasteiger charge is -2.26. The molecule has 2 unspecified atom stereocenters. The topological polar surface area (TPSA) is 77.7 Å². The highest BCUT2D eigenvalue weighted by Gasteiger charge is 2.26. The van der Waals surface area contributed by atoms with Crippen molar-refractivity contribution in [1.82, 2.24) is 15.5 Å². The van der Waals surface area contributed by atoms with Crippen LogP contribution >= 0.6 is 0 Å². The standard InChI is InChI=1S/C19H25N3O3/c1-14(15-6-4-7-16(23)12-15)21-19(24)20-13-17(18-8-5-11-25-18)22-9-2-3-10-22/h4-8,11-12,14,17,23H,2-3,9-10,13H2,1H3,(H2,20,21,24). The Hall–Kier alpha value is -2.47. The van der Waals surface area contributed by atoms with E-state index in [-0.39, 0.29) is 23.9 Å². The van der Waals surface area contributed by atoms with Crippen molar-refractivity contribution in [3.8, 4) is 5.75 Å². The summed E-state index contributed by atoms with van der Waals surface area (Å²) in [4.78, 5) is 14.6. The molecule has 1 aromatic carbocycles. The second kappa shape index (κ2) is 8.07. The van der Waals surface area contributed by atoms with Crippen LogP contribution in [0.25, 0.3) is 0 Å². The second-order valence-electron chi connectivity index (χ2n) is 6.45. The molecule has 1 saturated heterocycles. The third-order valence-electron chi connectivity index (χ3n) is 4.63. The van der Waals surface area contributed by atoms with Crippen molar-refractivity contribution in [2.24, 2.45) is 0 Å². The van der Waals surface area contributed by atoms with Gasteiger partial charge >= 0.3 is 6.03 Å². The summed E-state index contributed by atoms with van der Waals surface area (Å²) in [5.74, 6) is 1.07. The van der Waals surface area contributed by atoms with Crippen LogP contribution in [-0.4, -0.2) is 35.7 Å². The fourth-order valence-electron chi connectivity index (χ4n) is 3.26. The maximum atomic E-state index is 12.3. The Bertz CT molecular complexity index is 681. The van der Waals surface area contributed by atoms with Crippen LogP contribution in [0.4, 0.5) is 4.79 Å². The number of urea groups is 1. The Morgan fingerprint density at radius 2 is 2.08 bits per heavy atom. The molecule has 2 atom stereocenters. The molecule has 1 aromatic heterocycles. The van der Waals surface area contributed by atoms with Crippen LogP contribution in [0, 0.1) is 0 Å². The molecule has 6 heteroatoms. The van der Waals surface area contributed by atoms with Gasteiger partial charge in [0, 0.05) is 6.54 Å². The zero-order valence-electron chi connectivity index (χ0n) is 14.4. The average Bonchev–Trinajstić information content (AvgIpc) is 3.29. The number of amides is 2. The number of rotatable bonds is 6. The van der Waals surface area contributed by atoms with E-state index in [0.717, 1.165) is 24.4 Å². The van der Waals surface area contributed by atoms with E-state index in [1.54, 1.807) is 24.5 Å². The van der Waals surface area contributed by atoms with E-state index in [4.69, 9.17) is 4.42 Å². The first kappa shape index (κ1) is 17.4. The van der Waals surface area contributed by atoms with Crippen molar-refractivity contribution in [3.63, 3.8) is 0 Å². The van der Waals surface area contributed by atoms with E-state index >= 15 is 0 Å². The van der Waals surface area contributed by atoms with Crippen LogP contribution in [-0.2, 0) is 0 Å². The minimum Gasteiger partial charge on any atom is -0.508 e. The number of hydrogen-bond acceptors (Lipinski definition) is 4. The van der Waals surface area contributed by atoms with Crippen molar-refractivity contribution in [3.05, 3.63) is 54.0 Å². The molecule has 2 amide bonds. The van der Waals surface area contributed by atoms with Gasteiger partial charge in [-0.25, -0.2) is 4.79 Å². The Morgan fingerprint density at radius 3 is 2.76 bits per heavy atom. The lowest BCUT2D eigenvalue weighted by atomic mass is 10.1. The van der Waals surface area contributed by atoms with Gasteiger partial charge in [0.15, 0.2) is 0 Å². The predicted molar refractivity (Wildman–Crippen MR) is 95.3 cm³/mol. The van der Waals surface area contributed by atoms with Crippen molar-refractivity contribution in [1.29, 1.82) is 0 Å². The van der Waals surface area contributed by atoms with Gasteiger partial charge in [-0.15, -0.1) is 0 Å². The summed E-state index contributed by atoms with van der Waals surface area (Å²) in [7, 11) is 0. The molecule has 2 aromatic rings. The number of aromatic hydroxyl groups is 1. The van der Waals surface area contributed by atoms with E-state index < -0.39 is 0 Å². The fraction of sp³-hybridized carbons (Fsp3) is 0.421. The van der Waals surface area contributed by atoms with Crippen molar-refractivity contribution >= 4 is 6.03 Å². The number of likely N-dealkylation sites (tertiary alicyclic amines) is 1. The first-order valence-electron chi connectivity index (χ1n) is 8.74. The summed E-state index contributed by atoms with van der Waals surface area (Å²) < 4.78 is 5.56. The normalized spacial score (nSPS) is 17.2.